The number of hydrogen-bond acceptors (Lipinski definition) is 3. The van der Waals surface area contributed by atoms with Crippen molar-refractivity contribution in [2.24, 2.45) is 11.8 Å². The number of nitrogens with zero attached hydrogens (tertiary/aromatic N) is 1. The number of nitrogens with two attached hydrogens (primary N) is 1. The van der Waals surface area contributed by atoms with Crippen LogP contribution in [0.15, 0.2) is 30.5 Å². The number of nitrogen functional groups attached to an aromatic ring is 1. The zero-order chi connectivity index (χ0) is 12.8. The fourth-order valence-electron chi connectivity index (χ4n) is 3.92. The highest BCUT2D eigenvalue weighted by atomic mass is 15.0. The Kier molecular flexibility index (Phi) is 2.40. The zero-order valence-electron chi connectivity index (χ0n) is 11.0. The normalized spacial score (nSPS) is 28.9. The number of para-hydroxylation sites is 1. The highest BCUT2D eigenvalue weighted by molar-refractivity contribution is 5.96. The SMILES string of the molecule is Nc1cnc2ccccc2c1NC1CC2CCC1C2. The number of pyridine rings is 1. The Morgan fingerprint density at radius 3 is 2.84 bits per heavy atom. The molecule has 2 saturated carbocycles. The van der Waals surface area contributed by atoms with Crippen LogP contribution in [-0.2, 0) is 0 Å². The smallest absolute Gasteiger partial charge is 0.0743 e. The van der Waals surface area contributed by atoms with E-state index in [0.717, 1.165) is 34.1 Å². The van der Waals surface area contributed by atoms with Crippen LogP contribution >= 0.6 is 0 Å². The van der Waals surface area contributed by atoms with Gasteiger partial charge in [-0.15, -0.1) is 0 Å². The summed E-state index contributed by atoms with van der Waals surface area (Å²) < 4.78 is 0. The summed E-state index contributed by atoms with van der Waals surface area (Å²) in [6.07, 6.45) is 7.29. The third-order valence-electron chi connectivity index (χ3n) is 4.87. The number of benzene rings is 1. The highest BCUT2D eigenvalue weighted by Crippen LogP contribution is 2.46. The fraction of sp³-hybridized carbons (Fsp3) is 0.438. The van der Waals surface area contributed by atoms with Gasteiger partial charge in [0, 0.05) is 11.4 Å². The largest absolute Gasteiger partial charge is 0.396 e. The van der Waals surface area contributed by atoms with Crippen LogP contribution in [0.25, 0.3) is 10.9 Å². The predicted molar refractivity (Wildman–Crippen MR) is 79.0 cm³/mol. The summed E-state index contributed by atoms with van der Waals surface area (Å²) in [6, 6.07) is 8.82. The third kappa shape index (κ3) is 1.76. The molecule has 2 aromatic rings. The molecule has 0 saturated heterocycles. The van der Waals surface area contributed by atoms with Crippen molar-refractivity contribution in [3.63, 3.8) is 0 Å². The molecule has 2 aliphatic rings. The molecule has 2 fully saturated rings. The van der Waals surface area contributed by atoms with Gasteiger partial charge in [0.2, 0.25) is 0 Å². The van der Waals surface area contributed by atoms with Crippen LogP contribution in [0.1, 0.15) is 25.7 Å². The van der Waals surface area contributed by atoms with E-state index in [1.54, 1.807) is 6.20 Å². The van der Waals surface area contributed by atoms with Gasteiger partial charge in [0.1, 0.15) is 0 Å². The Hall–Kier alpha value is -1.77. The van der Waals surface area contributed by atoms with E-state index in [9.17, 15) is 0 Å². The summed E-state index contributed by atoms with van der Waals surface area (Å²) in [5, 5.41) is 4.86. The molecule has 0 aliphatic heterocycles. The monoisotopic (exact) mass is 253 g/mol. The molecule has 0 amide bonds. The second-order valence-electron chi connectivity index (χ2n) is 6.03. The van der Waals surface area contributed by atoms with Crippen molar-refractivity contribution in [2.75, 3.05) is 11.1 Å². The van der Waals surface area contributed by atoms with Crippen LogP contribution in [0.2, 0.25) is 0 Å². The van der Waals surface area contributed by atoms with Gasteiger partial charge < -0.3 is 11.1 Å². The topological polar surface area (TPSA) is 50.9 Å². The number of fused-ring (bicyclic) bond motifs is 3. The Balaban J connectivity index is 1.72. The first kappa shape index (κ1) is 11.1. The van der Waals surface area contributed by atoms with Gasteiger partial charge in [0.15, 0.2) is 0 Å². The van der Waals surface area contributed by atoms with Crippen LogP contribution < -0.4 is 11.1 Å². The minimum absolute atomic E-state index is 0.604. The molecule has 3 N–H and O–H groups in total. The lowest BCUT2D eigenvalue weighted by Gasteiger charge is -2.25. The number of anilines is 2. The molecule has 3 unspecified atom stereocenters. The first-order valence-electron chi connectivity index (χ1n) is 7.21. The molecule has 1 heterocycles. The van der Waals surface area contributed by atoms with Crippen molar-refractivity contribution in [3.8, 4) is 0 Å². The maximum absolute atomic E-state index is 6.14. The van der Waals surface area contributed by atoms with Crippen molar-refractivity contribution in [3.05, 3.63) is 30.5 Å². The van der Waals surface area contributed by atoms with Crippen molar-refractivity contribution in [2.45, 2.75) is 31.7 Å². The highest BCUT2D eigenvalue weighted by Gasteiger charge is 2.39. The van der Waals surface area contributed by atoms with Gasteiger partial charge in [0.25, 0.3) is 0 Å². The molecule has 2 bridgehead atoms. The van der Waals surface area contributed by atoms with Gasteiger partial charge in [-0.3, -0.25) is 4.98 Å². The molecule has 3 atom stereocenters. The Morgan fingerprint density at radius 2 is 2.05 bits per heavy atom. The van der Waals surface area contributed by atoms with Gasteiger partial charge in [-0.25, -0.2) is 0 Å². The summed E-state index contributed by atoms with van der Waals surface area (Å²) in [7, 11) is 0. The minimum Gasteiger partial charge on any atom is -0.396 e. The quantitative estimate of drug-likeness (QED) is 0.862. The van der Waals surface area contributed by atoms with Gasteiger partial charge in [0.05, 0.1) is 23.1 Å². The number of aromatic nitrogens is 1. The molecule has 98 valence electrons. The predicted octanol–water partition coefficient (Wildman–Crippen LogP) is 3.42. The van der Waals surface area contributed by atoms with Crippen molar-refractivity contribution < 1.29 is 0 Å². The van der Waals surface area contributed by atoms with E-state index in [4.69, 9.17) is 5.73 Å². The lowest BCUT2D eigenvalue weighted by Crippen LogP contribution is -2.26. The van der Waals surface area contributed by atoms with Crippen molar-refractivity contribution >= 4 is 22.3 Å². The van der Waals surface area contributed by atoms with E-state index >= 15 is 0 Å². The zero-order valence-corrected chi connectivity index (χ0v) is 11.0. The molecule has 0 radical (unpaired) electrons. The van der Waals surface area contributed by atoms with Gasteiger partial charge in [-0.05, 0) is 37.2 Å². The Labute approximate surface area is 113 Å². The number of hydrogen-bond donors (Lipinski definition) is 2. The molecule has 4 rings (SSSR count). The molecule has 3 heteroatoms. The summed E-state index contributed by atoms with van der Waals surface area (Å²) in [6.45, 7) is 0. The number of nitrogens with one attached hydrogen (secondary N) is 1. The van der Waals surface area contributed by atoms with Crippen molar-refractivity contribution in [1.29, 1.82) is 0 Å². The molecular weight excluding hydrogens is 234 g/mol. The first-order valence-corrected chi connectivity index (χ1v) is 7.21. The standard InChI is InChI=1S/C16H19N3/c17-13-9-18-14-4-2-1-3-12(14)16(13)19-15-8-10-5-6-11(15)7-10/h1-4,9-11,15H,5-8,17H2,(H,18,19). The lowest BCUT2D eigenvalue weighted by atomic mass is 9.95. The molecule has 1 aromatic heterocycles. The summed E-state index contributed by atoms with van der Waals surface area (Å²) in [5.41, 5.74) is 9.01. The van der Waals surface area contributed by atoms with Gasteiger partial charge in [-0.2, -0.15) is 0 Å². The first-order chi connectivity index (χ1) is 9.31. The molecule has 2 aliphatic carbocycles. The summed E-state index contributed by atoms with van der Waals surface area (Å²) >= 11 is 0. The maximum Gasteiger partial charge on any atom is 0.0743 e. The Morgan fingerprint density at radius 1 is 1.16 bits per heavy atom. The number of rotatable bonds is 2. The van der Waals surface area contributed by atoms with E-state index in [1.165, 1.54) is 25.7 Å². The van der Waals surface area contributed by atoms with E-state index in [0.29, 0.717) is 6.04 Å². The van der Waals surface area contributed by atoms with Crippen LogP contribution in [0.5, 0.6) is 0 Å². The van der Waals surface area contributed by atoms with E-state index in [2.05, 4.69) is 22.4 Å². The maximum atomic E-state index is 6.14. The van der Waals surface area contributed by atoms with Crippen LogP contribution in [-0.4, -0.2) is 11.0 Å². The average Bonchev–Trinajstić information content (AvgIpc) is 3.04. The fourth-order valence-corrected chi connectivity index (χ4v) is 3.92. The molecular formula is C16H19N3. The molecule has 19 heavy (non-hydrogen) atoms. The average molecular weight is 253 g/mol. The molecule has 0 spiro atoms. The molecule has 3 nitrogen and oxygen atoms in total. The van der Waals surface area contributed by atoms with E-state index in [-0.39, 0.29) is 0 Å². The Bertz CT molecular complexity index is 622. The van der Waals surface area contributed by atoms with Gasteiger partial charge >= 0.3 is 0 Å². The summed E-state index contributed by atoms with van der Waals surface area (Å²) in [5.74, 6) is 1.79. The van der Waals surface area contributed by atoms with Crippen LogP contribution in [0.3, 0.4) is 0 Å². The van der Waals surface area contributed by atoms with E-state index < -0.39 is 0 Å². The lowest BCUT2D eigenvalue weighted by molar-refractivity contribution is 0.440. The second-order valence-corrected chi connectivity index (χ2v) is 6.03. The summed E-state index contributed by atoms with van der Waals surface area (Å²) in [4.78, 5) is 4.40. The van der Waals surface area contributed by atoms with Crippen molar-refractivity contribution in [1.82, 2.24) is 4.98 Å². The van der Waals surface area contributed by atoms with Crippen LogP contribution in [0.4, 0.5) is 11.4 Å². The molecule has 1 aromatic carbocycles. The van der Waals surface area contributed by atoms with E-state index in [1.807, 2.05) is 12.1 Å². The minimum atomic E-state index is 0.604. The third-order valence-corrected chi connectivity index (χ3v) is 4.87. The second kappa shape index (κ2) is 4.12. The van der Waals surface area contributed by atoms with Gasteiger partial charge in [-0.1, -0.05) is 24.6 Å². The van der Waals surface area contributed by atoms with Crippen LogP contribution in [0, 0.1) is 11.8 Å².